The predicted molar refractivity (Wildman–Crippen MR) is 70.0 cm³/mol. The molecule has 18 heavy (non-hydrogen) atoms. The second kappa shape index (κ2) is 5.81. The maximum absolute atomic E-state index is 12.1. The van der Waals surface area contributed by atoms with Gasteiger partial charge in [0, 0.05) is 0 Å². The van der Waals surface area contributed by atoms with E-state index >= 15 is 0 Å². The van der Waals surface area contributed by atoms with Crippen LogP contribution in [0, 0.1) is 0 Å². The average Bonchev–Trinajstić information content (AvgIpc) is 2.81. The molecule has 0 unspecified atom stereocenters. The number of carbonyl (C=O) groups is 1. The van der Waals surface area contributed by atoms with Crippen molar-refractivity contribution in [2.24, 2.45) is 0 Å². The van der Waals surface area contributed by atoms with E-state index in [9.17, 15) is 13.2 Å². The van der Waals surface area contributed by atoms with Gasteiger partial charge in [0.25, 0.3) is 10.0 Å². The van der Waals surface area contributed by atoms with Crippen molar-refractivity contribution in [3.05, 3.63) is 17.5 Å². The summed E-state index contributed by atoms with van der Waals surface area (Å²) in [5.41, 5.74) is -1.23. The van der Waals surface area contributed by atoms with Crippen LogP contribution in [0.1, 0.15) is 26.7 Å². The van der Waals surface area contributed by atoms with Gasteiger partial charge in [-0.05, 0) is 24.8 Å². The van der Waals surface area contributed by atoms with Gasteiger partial charge in [-0.2, -0.15) is 4.72 Å². The summed E-state index contributed by atoms with van der Waals surface area (Å²) < 4.78 is 31.5. The zero-order valence-electron chi connectivity index (χ0n) is 10.6. The van der Waals surface area contributed by atoms with Gasteiger partial charge in [-0.3, -0.25) is 4.79 Å². The van der Waals surface area contributed by atoms with Gasteiger partial charge in [0.15, 0.2) is 0 Å². The highest BCUT2D eigenvalue weighted by Gasteiger charge is 2.38. The molecule has 0 spiro atoms. The number of carbonyl (C=O) groups excluding carboxylic acids is 1. The minimum Gasteiger partial charge on any atom is -0.468 e. The Hall–Kier alpha value is -0.920. The summed E-state index contributed by atoms with van der Waals surface area (Å²) >= 11 is 1.11. The largest absolute Gasteiger partial charge is 0.468 e. The highest BCUT2D eigenvalue weighted by Crippen LogP contribution is 2.21. The quantitative estimate of drug-likeness (QED) is 0.811. The molecule has 0 saturated carbocycles. The third kappa shape index (κ3) is 3.30. The molecule has 1 rings (SSSR count). The second-order valence-corrected chi connectivity index (χ2v) is 6.97. The summed E-state index contributed by atoms with van der Waals surface area (Å²) in [6.07, 6.45) is 1.04. The first-order valence-electron chi connectivity index (χ1n) is 5.51. The molecule has 0 radical (unpaired) electrons. The van der Waals surface area contributed by atoms with Gasteiger partial charge in [0.05, 0.1) is 7.11 Å². The molecule has 1 atom stereocenters. The van der Waals surface area contributed by atoms with Crippen LogP contribution in [0.4, 0.5) is 0 Å². The Morgan fingerprint density at radius 2 is 2.22 bits per heavy atom. The Labute approximate surface area is 111 Å². The first-order valence-corrected chi connectivity index (χ1v) is 7.88. The van der Waals surface area contributed by atoms with Crippen molar-refractivity contribution in [3.63, 3.8) is 0 Å². The summed E-state index contributed by atoms with van der Waals surface area (Å²) in [5.74, 6) is -0.579. The molecule has 1 aromatic heterocycles. The third-order valence-electron chi connectivity index (χ3n) is 2.51. The fraction of sp³-hybridized carbons (Fsp3) is 0.545. The maximum Gasteiger partial charge on any atom is 0.326 e. The number of methoxy groups -OCH3 is 1. The van der Waals surface area contributed by atoms with E-state index in [4.69, 9.17) is 0 Å². The van der Waals surface area contributed by atoms with Crippen LogP contribution in [0.25, 0.3) is 0 Å². The van der Waals surface area contributed by atoms with Crippen LogP contribution >= 0.6 is 11.3 Å². The number of sulfonamides is 1. The summed E-state index contributed by atoms with van der Waals surface area (Å²) in [4.78, 5) is 11.7. The van der Waals surface area contributed by atoms with E-state index in [-0.39, 0.29) is 4.21 Å². The lowest BCUT2D eigenvalue weighted by molar-refractivity contribution is -0.147. The molecule has 0 aliphatic heterocycles. The van der Waals surface area contributed by atoms with Crippen molar-refractivity contribution >= 4 is 27.3 Å². The van der Waals surface area contributed by atoms with Crippen molar-refractivity contribution in [1.82, 2.24) is 4.72 Å². The normalized spacial score (nSPS) is 15.1. The second-order valence-electron chi connectivity index (χ2n) is 4.11. The van der Waals surface area contributed by atoms with Gasteiger partial charge >= 0.3 is 5.97 Å². The Bertz CT molecular complexity index is 495. The number of nitrogens with one attached hydrogen (secondary N) is 1. The highest BCUT2D eigenvalue weighted by molar-refractivity contribution is 7.91. The molecular formula is C11H17NO4S2. The molecule has 0 saturated heterocycles. The first kappa shape index (κ1) is 15.1. The number of ether oxygens (including phenoxy) is 1. The minimum atomic E-state index is -3.68. The molecule has 0 aliphatic carbocycles. The summed E-state index contributed by atoms with van der Waals surface area (Å²) in [5, 5.41) is 1.67. The van der Waals surface area contributed by atoms with Crippen LogP contribution in [-0.2, 0) is 19.6 Å². The lowest BCUT2D eigenvalue weighted by Crippen LogP contribution is -2.52. The average molecular weight is 291 g/mol. The summed E-state index contributed by atoms with van der Waals surface area (Å²) in [6.45, 7) is 3.41. The van der Waals surface area contributed by atoms with E-state index < -0.39 is 21.5 Å². The van der Waals surface area contributed by atoms with Gasteiger partial charge in [0.1, 0.15) is 9.75 Å². The van der Waals surface area contributed by atoms with Crippen molar-refractivity contribution < 1.29 is 17.9 Å². The number of hydrogen-bond donors (Lipinski definition) is 1. The van der Waals surface area contributed by atoms with E-state index in [1.54, 1.807) is 11.4 Å². The van der Waals surface area contributed by atoms with E-state index in [0.717, 1.165) is 11.3 Å². The van der Waals surface area contributed by atoms with Crippen LogP contribution in [0.5, 0.6) is 0 Å². The van der Waals surface area contributed by atoms with E-state index in [0.29, 0.717) is 12.8 Å². The zero-order chi connectivity index (χ0) is 13.8. The molecule has 7 heteroatoms. The number of rotatable bonds is 6. The van der Waals surface area contributed by atoms with Gasteiger partial charge in [0.2, 0.25) is 0 Å². The Morgan fingerprint density at radius 3 is 2.67 bits per heavy atom. The van der Waals surface area contributed by atoms with E-state index in [1.165, 1.54) is 20.1 Å². The number of esters is 1. The number of thiophene rings is 1. The van der Waals surface area contributed by atoms with Crippen LogP contribution in [0.2, 0.25) is 0 Å². The van der Waals surface area contributed by atoms with E-state index in [1.807, 2.05) is 6.92 Å². The monoisotopic (exact) mass is 291 g/mol. The third-order valence-corrected chi connectivity index (χ3v) is 5.50. The van der Waals surface area contributed by atoms with Gasteiger partial charge < -0.3 is 4.74 Å². The highest BCUT2D eigenvalue weighted by atomic mass is 32.2. The molecule has 1 N–H and O–H groups in total. The first-order chi connectivity index (χ1) is 8.35. The lowest BCUT2D eigenvalue weighted by Gasteiger charge is -2.26. The smallest absolute Gasteiger partial charge is 0.326 e. The van der Waals surface area contributed by atoms with Crippen LogP contribution < -0.4 is 4.72 Å². The van der Waals surface area contributed by atoms with Crippen molar-refractivity contribution in [3.8, 4) is 0 Å². The van der Waals surface area contributed by atoms with Crippen molar-refractivity contribution in [2.75, 3.05) is 7.11 Å². The molecule has 1 aromatic rings. The Morgan fingerprint density at radius 1 is 1.56 bits per heavy atom. The molecule has 0 bridgehead atoms. The number of hydrogen-bond acceptors (Lipinski definition) is 5. The molecule has 102 valence electrons. The Kier molecular flexibility index (Phi) is 4.89. The van der Waals surface area contributed by atoms with Crippen LogP contribution in [0.3, 0.4) is 0 Å². The molecule has 0 aliphatic rings. The molecule has 0 aromatic carbocycles. The van der Waals surface area contributed by atoms with Crippen molar-refractivity contribution in [1.29, 1.82) is 0 Å². The maximum atomic E-state index is 12.1. The summed E-state index contributed by atoms with van der Waals surface area (Å²) in [7, 11) is -2.44. The topological polar surface area (TPSA) is 72.5 Å². The zero-order valence-corrected chi connectivity index (χ0v) is 12.2. The molecule has 0 fully saturated rings. The molecule has 1 heterocycles. The minimum absolute atomic E-state index is 0.189. The Balaban J connectivity index is 3.01. The van der Waals surface area contributed by atoms with Crippen molar-refractivity contribution in [2.45, 2.75) is 36.4 Å². The molecule has 0 amide bonds. The van der Waals surface area contributed by atoms with Gasteiger partial charge in [-0.1, -0.05) is 19.4 Å². The standard InChI is InChI=1S/C11H17NO4S2/c1-4-7-11(2,10(13)16-3)12-18(14,15)9-6-5-8-17-9/h5-6,8,12H,4,7H2,1-3H3/t11-/m0/s1. The predicted octanol–water partition coefficient (Wildman–Crippen LogP) is 1.76. The molecular weight excluding hydrogens is 274 g/mol. The SMILES string of the molecule is CCC[C@](C)(NS(=O)(=O)c1cccs1)C(=O)OC. The van der Waals surface area contributed by atoms with Crippen LogP contribution in [0.15, 0.2) is 21.7 Å². The summed E-state index contributed by atoms with van der Waals surface area (Å²) in [6, 6.07) is 3.14. The fourth-order valence-electron chi connectivity index (χ4n) is 1.68. The molecule has 5 nitrogen and oxygen atoms in total. The lowest BCUT2D eigenvalue weighted by atomic mass is 9.98. The van der Waals surface area contributed by atoms with Crippen LogP contribution in [-0.4, -0.2) is 27.0 Å². The van der Waals surface area contributed by atoms with Gasteiger partial charge in [-0.15, -0.1) is 11.3 Å². The van der Waals surface area contributed by atoms with E-state index in [2.05, 4.69) is 9.46 Å². The van der Waals surface area contributed by atoms with Gasteiger partial charge in [-0.25, -0.2) is 8.42 Å². The fourth-order valence-corrected chi connectivity index (χ4v) is 4.07.